The summed E-state index contributed by atoms with van der Waals surface area (Å²) in [6, 6.07) is 14.1. The van der Waals surface area contributed by atoms with E-state index in [0.717, 1.165) is 6.42 Å². The Kier molecular flexibility index (Phi) is 5.78. The summed E-state index contributed by atoms with van der Waals surface area (Å²) in [6.45, 7) is 2.24. The molecule has 0 bridgehead atoms. The Balaban J connectivity index is 1.68. The van der Waals surface area contributed by atoms with Crippen LogP contribution in [-0.4, -0.2) is 54.9 Å². The van der Waals surface area contributed by atoms with Crippen molar-refractivity contribution in [2.45, 2.75) is 6.42 Å². The second-order valence-electron chi connectivity index (χ2n) is 6.18. The number of carbonyl (C=O) groups excluding carboxylic acids is 2. The molecule has 1 saturated heterocycles. The van der Waals surface area contributed by atoms with Gasteiger partial charge in [0.2, 0.25) is 0 Å². The van der Waals surface area contributed by atoms with Gasteiger partial charge in [0.15, 0.2) is 0 Å². The van der Waals surface area contributed by atoms with Crippen LogP contribution in [0.25, 0.3) is 0 Å². The molecule has 0 aromatic heterocycles. The first-order chi connectivity index (χ1) is 12.6. The van der Waals surface area contributed by atoms with E-state index in [9.17, 15) is 9.59 Å². The van der Waals surface area contributed by atoms with Gasteiger partial charge in [0, 0.05) is 42.3 Å². The fraction of sp³-hybridized carbons (Fsp3) is 0.300. The van der Waals surface area contributed by atoms with Crippen LogP contribution in [0.4, 0.5) is 0 Å². The molecule has 2 aromatic carbocycles. The molecule has 0 spiro atoms. The largest absolute Gasteiger partial charge is 0.497 e. The number of hydrogen-bond donors (Lipinski definition) is 0. The maximum atomic E-state index is 12.8. The molecule has 26 heavy (non-hydrogen) atoms. The number of ether oxygens (including phenoxy) is 1. The van der Waals surface area contributed by atoms with Gasteiger partial charge in [-0.1, -0.05) is 23.7 Å². The predicted octanol–water partition coefficient (Wildman–Crippen LogP) is 3.34. The smallest absolute Gasteiger partial charge is 0.254 e. The van der Waals surface area contributed by atoms with Gasteiger partial charge in [-0.2, -0.15) is 0 Å². The molecule has 0 atom stereocenters. The zero-order valence-electron chi connectivity index (χ0n) is 14.7. The number of methoxy groups -OCH3 is 1. The van der Waals surface area contributed by atoms with Gasteiger partial charge in [0.1, 0.15) is 5.75 Å². The first-order valence-electron chi connectivity index (χ1n) is 8.56. The van der Waals surface area contributed by atoms with Crippen molar-refractivity contribution in [1.82, 2.24) is 9.80 Å². The van der Waals surface area contributed by atoms with Gasteiger partial charge >= 0.3 is 0 Å². The van der Waals surface area contributed by atoms with Crippen molar-refractivity contribution in [1.29, 1.82) is 0 Å². The molecule has 1 aliphatic rings. The third-order valence-corrected chi connectivity index (χ3v) is 4.69. The number of halogens is 1. The first kappa shape index (κ1) is 18.3. The molecule has 0 N–H and O–H groups in total. The minimum Gasteiger partial charge on any atom is -0.497 e. The number of carbonyl (C=O) groups is 2. The van der Waals surface area contributed by atoms with Crippen LogP contribution in [-0.2, 0) is 0 Å². The molecular formula is C20H21ClN2O3. The zero-order chi connectivity index (χ0) is 18.5. The average Bonchev–Trinajstić information content (AvgIpc) is 2.93. The summed E-state index contributed by atoms with van der Waals surface area (Å²) in [5, 5.41) is 0.542. The van der Waals surface area contributed by atoms with E-state index in [1.165, 1.54) is 0 Å². The fourth-order valence-electron chi connectivity index (χ4n) is 3.07. The fourth-order valence-corrected chi connectivity index (χ4v) is 3.26. The van der Waals surface area contributed by atoms with E-state index in [2.05, 4.69) is 0 Å². The van der Waals surface area contributed by atoms with Gasteiger partial charge in [0.05, 0.1) is 7.11 Å². The molecule has 0 unspecified atom stereocenters. The van der Waals surface area contributed by atoms with E-state index < -0.39 is 0 Å². The molecular weight excluding hydrogens is 352 g/mol. The number of hydrogen-bond acceptors (Lipinski definition) is 3. The number of amides is 2. The van der Waals surface area contributed by atoms with Crippen molar-refractivity contribution in [2.75, 3.05) is 33.3 Å². The minimum atomic E-state index is -0.0526. The van der Waals surface area contributed by atoms with E-state index in [4.69, 9.17) is 16.3 Å². The quantitative estimate of drug-likeness (QED) is 0.830. The average molecular weight is 373 g/mol. The summed E-state index contributed by atoms with van der Waals surface area (Å²) in [7, 11) is 1.58. The second-order valence-corrected chi connectivity index (χ2v) is 6.62. The minimum absolute atomic E-state index is 0.0408. The van der Waals surface area contributed by atoms with Gasteiger partial charge in [-0.15, -0.1) is 0 Å². The highest BCUT2D eigenvalue weighted by molar-refractivity contribution is 6.30. The summed E-state index contributed by atoms with van der Waals surface area (Å²) in [5.74, 6) is 0.563. The number of nitrogens with zero attached hydrogens (tertiary/aromatic N) is 2. The standard InChI is InChI=1S/C20H21ClN2O3/c1-26-18-8-3-6-16(14-18)20(25)23-10-4-9-22(11-12-23)19(24)15-5-2-7-17(21)13-15/h2-3,5-8,13-14H,4,9-12H2,1H3. The predicted molar refractivity (Wildman–Crippen MR) is 101 cm³/mol. The Morgan fingerprint density at radius 3 is 2.04 bits per heavy atom. The maximum Gasteiger partial charge on any atom is 0.254 e. The number of benzene rings is 2. The highest BCUT2D eigenvalue weighted by Crippen LogP contribution is 2.17. The highest BCUT2D eigenvalue weighted by Gasteiger charge is 2.23. The molecule has 1 fully saturated rings. The lowest BCUT2D eigenvalue weighted by Crippen LogP contribution is -2.37. The van der Waals surface area contributed by atoms with E-state index in [1.54, 1.807) is 59.4 Å². The van der Waals surface area contributed by atoms with Gasteiger partial charge in [-0.3, -0.25) is 9.59 Å². The third-order valence-electron chi connectivity index (χ3n) is 4.46. The molecule has 2 amide bonds. The molecule has 5 nitrogen and oxygen atoms in total. The van der Waals surface area contributed by atoms with Crippen LogP contribution in [0.5, 0.6) is 5.75 Å². The van der Waals surface area contributed by atoms with E-state index in [0.29, 0.717) is 48.1 Å². The van der Waals surface area contributed by atoms with Gasteiger partial charge in [-0.25, -0.2) is 0 Å². The summed E-state index contributed by atoms with van der Waals surface area (Å²) in [6.07, 6.45) is 0.738. The van der Waals surface area contributed by atoms with Crippen molar-refractivity contribution in [2.24, 2.45) is 0 Å². The van der Waals surface area contributed by atoms with Gasteiger partial charge in [0.25, 0.3) is 11.8 Å². The van der Waals surface area contributed by atoms with Crippen LogP contribution >= 0.6 is 11.6 Å². The lowest BCUT2D eigenvalue weighted by Gasteiger charge is -2.22. The van der Waals surface area contributed by atoms with Crippen molar-refractivity contribution >= 4 is 23.4 Å². The summed E-state index contributed by atoms with van der Waals surface area (Å²) in [4.78, 5) is 29.0. The first-order valence-corrected chi connectivity index (χ1v) is 8.94. The molecule has 136 valence electrons. The van der Waals surface area contributed by atoms with Crippen LogP contribution in [0, 0.1) is 0 Å². The second kappa shape index (κ2) is 8.23. The third kappa shape index (κ3) is 4.17. The molecule has 0 saturated carbocycles. The molecule has 1 aliphatic heterocycles. The molecule has 2 aromatic rings. The summed E-state index contributed by atoms with van der Waals surface area (Å²) in [5.41, 5.74) is 1.17. The summed E-state index contributed by atoms with van der Waals surface area (Å²) >= 11 is 5.98. The van der Waals surface area contributed by atoms with Crippen LogP contribution in [0.2, 0.25) is 5.02 Å². The Labute approximate surface area is 158 Å². The Hall–Kier alpha value is -2.53. The van der Waals surface area contributed by atoms with E-state index >= 15 is 0 Å². The lowest BCUT2D eigenvalue weighted by molar-refractivity contribution is 0.0718. The zero-order valence-corrected chi connectivity index (χ0v) is 15.4. The van der Waals surface area contributed by atoms with Crippen molar-refractivity contribution in [3.63, 3.8) is 0 Å². The SMILES string of the molecule is COc1cccc(C(=O)N2CCCN(C(=O)c3cccc(Cl)c3)CC2)c1. The number of rotatable bonds is 3. The maximum absolute atomic E-state index is 12.8. The van der Waals surface area contributed by atoms with Gasteiger partial charge in [-0.05, 0) is 42.8 Å². The normalized spacial score (nSPS) is 14.7. The van der Waals surface area contributed by atoms with Crippen molar-refractivity contribution in [3.05, 3.63) is 64.7 Å². The van der Waals surface area contributed by atoms with Crippen LogP contribution < -0.4 is 4.74 Å². The van der Waals surface area contributed by atoms with E-state index in [-0.39, 0.29) is 11.8 Å². The molecule has 6 heteroatoms. The van der Waals surface area contributed by atoms with Crippen molar-refractivity contribution < 1.29 is 14.3 Å². The summed E-state index contributed by atoms with van der Waals surface area (Å²) < 4.78 is 5.19. The van der Waals surface area contributed by atoms with E-state index in [1.807, 2.05) is 6.07 Å². The molecule has 0 aliphatic carbocycles. The molecule has 3 rings (SSSR count). The van der Waals surface area contributed by atoms with Crippen LogP contribution in [0.15, 0.2) is 48.5 Å². The highest BCUT2D eigenvalue weighted by atomic mass is 35.5. The molecule has 0 radical (unpaired) electrons. The van der Waals surface area contributed by atoms with Crippen LogP contribution in [0.1, 0.15) is 27.1 Å². The Morgan fingerprint density at radius 1 is 0.885 bits per heavy atom. The monoisotopic (exact) mass is 372 g/mol. The van der Waals surface area contributed by atoms with Crippen molar-refractivity contribution in [3.8, 4) is 5.75 Å². The topological polar surface area (TPSA) is 49.9 Å². The molecule has 1 heterocycles. The Bertz CT molecular complexity index is 809. The van der Waals surface area contributed by atoms with Crippen LogP contribution in [0.3, 0.4) is 0 Å². The lowest BCUT2D eigenvalue weighted by atomic mass is 10.2. The Morgan fingerprint density at radius 2 is 1.46 bits per heavy atom. The van der Waals surface area contributed by atoms with Gasteiger partial charge < -0.3 is 14.5 Å².